The molecule has 0 bridgehead atoms. The summed E-state index contributed by atoms with van der Waals surface area (Å²) in [7, 11) is 0. The Bertz CT molecular complexity index is 117. The van der Waals surface area contributed by atoms with E-state index in [2.05, 4.69) is 13.8 Å². The highest BCUT2D eigenvalue weighted by atomic mass is 32.2. The van der Waals surface area contributed by atoms with Crippen molar-refractivity contribution in [3.63, 3.8) is 0 Å². The lowest BCUT2D eigenvalue weighted by Gasteiger charge is -2.21. The SMILES string of the molecule is CCC(C)SCCC(C)(O)CN. The molecule has 0 aliphatic rings. The zero-order valence-electron chi connectivity index (χ0n) is 8.34. The van der Waals surface area contributed by atoms with E-state index in [1.165, 1.54) is 6.42 Å². The molecular formula is C9H21NOS. The molecule has 0 aliphatic heterocycles. The molecule has 0 saturated heterocycles. The molecule has 0 heterocycles. The van der Waals surface area contributed by atoms with Crippen LogP contribution in [0, 0.1) is 0 Å². The Kier molecular flexibility index (Phi) is 5.97. The third kappa shape index (κ3) is 5.86. The average molecular weight is 191 g/mol. The number of aliphatic hydroxyl groups is 1. The first-order valence-electron chi connectivity index (χ1n) is 4.56. The summed E-state index contributed by atoms with van der Waals surface area (Å²) in [6.07, 6.45) is 1.98. The molecule has 0 fully saturated rings. The quantitative estimate of drug-likeness (QED) is 0.670. The van der Waals surface area contributed by atoms with Crippen LogP contribution in [0.25, 0.3) is 0 Å². The van der Waals surface area contributed by atoms with Crippen LogP contribution in [-0.2, 0) is 0 Å². The van der Waals surface area contributed by atoms with E-state index in [4.69, 9.17) is 5.73 Å². The van der Waals surface area contributed by atoms with Gasteiger partial charge in [0.1, 0.15) is 0 Å². The molecule has 3 heteroatoms. The fraction of sp³-hybridized carbons (Fsp3) is 1.00. The van der Waals surface area contributed by atoms with E-state index in [1.54, 1.807) is 6.92 Å². The number of nitrogens with two attached hydrogens (primary N) is 1. The highest BCUT2D eigenvalue weighted by Crippen LogP contribution is 2.18. The van der Waals surface area contributed by atoms with E-state index >= 15 is 0 Å². The first kappa shape index (κ1) is 12.3. The van der Waals surface area contributed by atoms with E-state index < -0.39 is 5.60 Å². The van der Waals surface area contributed by atoms with Crippen molar-refractivity contribution in [1.29, 1.82) is 0 Å². The Morgan fingerprint density at radius 1 is 1.58 bits per heavy atom. The Morgan fingerprint density at radius 3 is 2.58 bits per heavy atom. The Morgan fingerprint density at radius 2 is 2.17 bits per heavy atom. The van der Waals surface area contributed by atoms with Gasteiger partial charge in [0.2, 0.25) is 0 Å². The summed E-state index contributed by atoms with van der Waals surface area (Å²) in [6.45, 7) is 6.54. The van der Waals surface area contributed by atoms with Crippen molar-refractivity contribution in [1.82, 2.24) is 0 Å². The number of hydrogen-bond acceptors (Lipinski definition) is 3. The van der Waals surface area contributed by atoms with E-state index in [9.17, 15) is 5.11 Å². The normalized spacial score (nSPS) is 18.8. The molecular weight excluding hydrogens is 170 g/mol. The minimum Gasteiger partial charge on any atom is -0.389 e. The van der Waals surface area contributed by atoms with Gasteiger partial charge in [0.25, 0.3) is 0 Å². The van der Waals surface area contributed by atoms with Gasteiger partial charge in [0, 0.05) is 11.8 Å². The van der Waals surface area contributed by atoms with E-state index in [-0.39, 0.29) is 0 Å². The number of thioether (sulfide) groups is 1. The van der Waals surface area contributed by atoms with Crippen molar-refractivity contribution in [3.8, 4) is 0 Å². The molecule has 2 unspecified atom stereocenters. The second-order valence-corrected chi connectivity index (χ2v) is 5.09. The Labute approximate surface area is 79.9 Å². The zero-order chi connectivity index (χ0) is 9.61. The summed E-state index contributed by atoms with van der Waals surface area (Å²) in [5, 5.41) is 10.3. The van der Waals surface area contributed by atoms with Crippen LogP contribution >= 0.6 is 11.8 Å². The van der Waals surface area contributed by atoms with E-state index in [0.29, 0.717) is 11.8 Å². The fourth-order valence-corrected chi connectivity index (χ4v) is 1.90. The molecule has 0 saturated carbocycles. The Balaban J connectivity index is 3.42. The highest BCUT2D eigenvalue weighted by molar-refractivity contribution is 7.99. The molecule has 0 aromatic carbocycles. The number of rotatable bonds is 6. The third-order valence-electron chi connectivity index (χ3n) is 2.06. The van der Waals surface area contributed by atoms with Gasteiger partial charge in [-0.1, -0.05) is 13.8 Å². The van der Waals surface area contributed by atoms with Gasteiger partial charge in [0.05, 0.1) is 5.60 Å². The first-order valence-corrected chi connectivity index (χ1v) is 5.60. The summed E-state index contributed by atoms with van der Waals surface area (Å²) >= 11 is 1.90. The van der Waals surface area contributed by atoms with Gasteiger partial charge in [0.15, 0.2) is 0 Å². The van der Waals surface area contributed by atoms with Crippen molar-refractivity contribution in [3.05, 3.63) is 0 Å². The second-order valence-electron chi connectivity index (χ2n) is 3.54. The molecule has 0 spiro atoms. The predicted molar refractivity (Wildman–Crippen MR) is 56.5 cm³/mol. The van der Waals surface area contributed by atoms with Gasteiger partial charge in [-0.05, 0) is 25.5 Å². The molecule has 2 atom stereocenters. The van der Waals surface area contributed by atoms with Crippen LogP contribution in [0.1, 0.15) is 33.6 Å². The molecule has 3 N–H and O–H groups in total. The van der Waals surface area contributed by atoms with Gasteiger partial charge >= 0.3 is 0 Å². The van der Waals surface area contributed by atoms with Gasteiger partial charge in [-0.3, -0.25) is 0 Å². The largest absolute Gasteiger partial charge is 0.389 e. The van der Waals surface area contributed by atoms with Crippen molar-refractivity contribution >= 4 is 11.8 Å². The van der Waals surface area contributed by atoms with Crippen molar-refractivity contribution in [2.24, 2.45) is 5.73 Å². The van der Waals surface area contributed by atoms with Gasteiger partial charge in [-0.2, -0.15) is 11.8 Å². The molecule has 0 amide bonds. The minimum atomic E-state index is -0.666. The maximum Gasteiger partial charge on any atom is 0.0749 e. The van der Waals surface area contributed by atoms with Crippen LogP contribution in [-0.4, -0.2) is 28.3 Å². The van der Waals surface area contributed by atoms with Crippen LogP contribution < -0.4 is 5.73 Å². The van der Waals surface area contributed by atoms with E-state index in [0.717, 1.165) is 12.2 Å². The summed E-state index contributed by atoms with van der Waals surface area (Å²) in [4.78, 5) is 0. The van der Waals surface area contributed by atoms with E-state index in [1.807, 2.05) is 11.8 Å². The minimum absolute atomic E-state index is 0.355. The lowest BCUT2D eigenvalue weighted by molar-refractivity contribution is 0.0665. The van der Waals surface area contributed by atoms with Crippen LogP contribution in [0.4, 0.5) is 0 Å². The smallest absolute Gasteiger partial charge is 0.0749 e. The topological polar surface area (TPSA) is 46.2 Å². The van der Waals surface area contributed by atoms with Crippen molar-refractivity contribution < 1.29 is 5.11 Å². The average Bonchev–Trinajstić information content (AvgIpc) is 2.04. The van der Waals surface area contributed by atoms with Crippen LogP contribution in [0.5, 0.6) is 0 Å². The molecule has 0 aromatic rings. The molecule has 0 radical (unpaired) electrons. The van der Waals surface area contributed by atoms with Crippen LogP contribution in [0.2, 0.25) is 0 Å². The maximum atomic E-state index is 9.57. The zero-order valence-corrected chi connectivity index (χ0v) is 9.16. The van der Waals surface area contributed by atoms with Gasteiger partial charge < -0.3 is 10.8 Å². The lowest BCUT2D eigenvalue weighted by atomic mass is 10.1. The van der Waals surface area contributed by atoms with Crippen LogP contribution in [0.15, 0.2) is 0 Å². The fourth-order valence-electron chi connectivity index (χ4n) is 0.700. The first-order chi connectivity index (χ1) is 5.52. The van der Waals surface area contributed by atoms with Gasteiger partial charge in [-0.15, -0.1) is 0 Å². The van der Waals surface area contributed by atoms with Crippen LogP contribution in [0.3, 0.4) is 0 Å². The second kappa shape index (κ2) is 5.84. The maximum absolute atomic E-state index is 9.57. The summed E-state index contributed by atoms with van der Waals surface area (Å²) in [6, 6.07) is 0. The molecule has 0 aromatic heterocycles. The third-order valence-corrected chi connectivity index (χ3v) is 3.40. The molecule has 2 nitrogen and oxygen atoms in total. The molecule has 74 valence electrons. The van der Waals surface area contributed by atoms with Crippen molar-refractivity contribution in [2.45, 2.75) is 44.5 Å². The monoisotopic (exact) mass is 191 g/mol. The molecule has 12 heavy (non-hydrogen) atoms. The van der Waals surface area contributed by atoms with Crippen molar-refractivity contribution in [2.75, 3.05) is 12.3 Å². The predicted octanol–water partition coefficient (Wildman–Crippen LogP) is 1.62. The highest BCUT2D eigenvalue weighted by Gasteiger charge is 2.17. The standard InChI is InChI=1S/C9H21NOS/c1-4-8(2)12-6-5-9(3,11)7-10/h8,11H,4-7,10H2,1-3H3. The summed E-state index contributed by atoms with van der Waals surface area (Å²) in [5.41, 5.74) is 4.73. The van der Waals surface area contributed by atoms with Gasteiger partial charge in [-0.25, -0.2) is 0 Å². The Hall–Kier alpha value is 0.270. The molecule has 0 rings (SSSR count). The summed E-state index contributed by atoms with van der Waals surface area (Å²) in [5.74, 6) is 0.999. The summed E-state index contributed by atoms with van der Waals surface area (Å²) < 4.78 is 0. The lowest BCUT2D eigenvalue weighted by Crippen LogP contribution is -2.34. The number of hydrogen-bond donors (Lipinski definition) is 2. The molecule has 0 aliphatic carbocycles.